The van der Waals surface area contributed by atoms with Crippen LogP contribution in [0, 0.1) is 6.92 Å². The third-order valence-corrected chi connectivity index (χ3v) is 4.59. The lowest BCUT2D eigenvalue weighted by Gasteiger charge is -2.30. The van der Waals surface area contributed by atoms with Crippen LogP contribution in [-0.2, 0) is 11.0 Å². The minimum Gasteiger partial charge on any atom is -0.351 e. The van der Waals surface area contributed by atoms with Gasteiger partial charge in [-0.05, 0) is 43.8 Å². The van der Waals surface area contributed by atoms with Crippen LogP contribution in [0.15, 0.2) is 59.8 Å². The van der Waals surface area contributed by atoms with Gasteiger partial charge >= 0.3 is 6.18 Å². The Labute approximate surface area is 165 Å². The molecule has 0 aromatic heterocycles. The number of hydrogen-bond acceptors (Lipinski definition) is 2. The predicted molar refractivity (Wildman–Crippen MR) is 106 cm³/mol. The van der Waals surface area contributed by atoms with Crippen molar-refractivity contribution in [1.82, 2.24) is 10.6 Å². The van der Waals surface area contributed by atoms with Crippen molar-refractivity contribution in [2.45, 2.75) is 26.1 Å². The number of allylic oxidation sites excluding steroid dienone is 1. The highest BCUT2D eigenvalue weighted by Gasteiger charge is 2.35. The SMILES string of the molecule is CC1=C(C(=O)Nc2ccccc2C(F)(F)F)[C@H](c2cccc(C)c2)NC(=S)N1. The van der Waals surface area contributed by atoms with Gasteiger partial charge in [0.2, 0.25) is 0 Å². The minimum atomic E-state index is -4.58. The predicted octanol–water partition coefficient (Wildman–Crippen LogP) is 4.45. The van der Waals surface area contributed by atoms with Crippen molar-refractivity contribution < 1.29 is 18.0 Å². The molecule has 1 heterocycles. The Morgan fingerprint density at radius 1 is 1.11 bits per heavy atom. The highest BCUT2D eigenvalue weighted by Crippen LogP contribution is 2.35. The van der Waals surface area contributed by atoms with Crippen LogP contribution in [0.2, 0.25) is 0 Å². The topological polar surface area (TPSA) is 53.2 Å². The van der Waals surface area contributed by atoms with Gasteiger partial charge in [-0.3, -0.25) is 4.79 Å². The molecule has 0 unspecified atom stereocenters. The lowest BCUT2D eigenvalue weighted by molar-refractivity contribution is -0.137. The normalized spacial score (nSPS) is 17.0. The molecule has 3 rings (SSSR count). The van der Waals surface area contributed by atoms with Crippen molar-refractivity contribution in [3.05, 3.63) is 76.5 Å². The summed E-state index contributed by atoms with van der Waals surface area (Å²) < 4.78 is 39.7. The standard InChI is InChI=1S/C20H18F3N3OS/c1-11-6-5-7-13(10-11)17-16(12(2)24-19(28)26-17)18(27)25-15-9-4-3-8-14(15)20(21,22)23/h3-10,17H,1-2H3,(H,25,27)(H2,24,26,28)/t17-/m0/s1. The fraction of sp³-hybridized carbons (Fsp3) is 0.200. The molecule has 0 fully saturated rings. The average Bonchev–Trinajstić information content (AvgIpc) is 2.60. The fourth-order valence-corrected chi connectivity index (χ4v) is 3.39. The number of thiocarbonyl (C=S) groups is 1. The largest absolute Gasteiger partial charge is 0.418 e. The van der Waals surface area contributed by atoms with E-state index in [0.29, 0.717) is 10.8 Å². The summed E-state index contributed by atoms with van der Waals surface area (Å²) >= 11 is 5.19. The summed E-state index contributed by atoms with van der Waals surface area (Å²) in [5.41, 5.74) is 1.34. The number of amides is 1. The molecule has 1 aliphatic rings. The van der Waals surface area contributed by atoms with E-state index < -0.39 is 23.7 Å². The third-order valence-electron chi connectivity index (χ3n) is 4.37. The maximum atomic E-state index is 13.2. The van der Waals surface area contributed by atoms with Crippen molar-refractivity contribution in [2.24, 2.45) is 0 Å². The van der Waals surface area contributed by atoms with E-state index in [-0.39, 0.29) is 11.3 Å². The number of carbonyl (C=O) groups is 1. The number of aryl methyl sites for hydroxylation is 1. The smallest absolute Gasteiger partial charge is 0.351 e. The highest BCUT2D eigenvalue weighted by molar-refractivity contribution is 7.80. The summed E-state index contributed by atoms with van der Waals surface area (Å²) in [6, 6.07) is 11.8. The van der Waals surface area contributed by atoms with E-state index in [1.807, 2.05) is 31.2 Å². The lowest BCUT2D eigenvalue weighted by atomic mass is 9.94. The fourth-order valence-electron chi connectivity index (χ4n) is 3.12. The number of hydrogen-bond donors (Lipinski definition) is 3. The number of anilines is 1. The zero-order valence-electron chi connectivity index (χ0n) is 15.1. The molecule has 0 bridgehead atoms. The molecule has 0 aliphatic carbocycles. The third kappa shape index (κ3) is 4.17. The van der Waals surface area contributed by atoms with Crippen LogP contribution < -0.4 is 16.0 Å². The van der Waals surface area contributed by atoms with Gasteiger partial charge in [-0.2, -0.15) is 13.2 Å². The molecule has 0 spiro atoms. The van der Waals surface area contributed by atoms with Crippen LogP contribution in [0.1, 0.15) is 29.7 Å². The van der Waals surface area contributed by atoms with Gasteiger partial charge in [0.25, 0.3) is 5.91 Å². The van der Waals surface area contributed by atoms with E-state index in [2.05, 4.69) is 16.0 Å². The molecule has 146 valence electrons. The molecule has 28 heavy (non-hydrogen) atoms. The van der Waals surface area contributed by atoms with Crippen molar-refractivity contribution in [1.29, 1.82) is 0 Å². The number of nitrogens with one attached hydrogen (secondary N) is 3. The summed E-state index contributed by atoms with van der Waals surface area (Å²) in [6.07, 6.45) is -4.58. The van der Waals surface area contributed by atoms with Gasteiger partial charge in [0.1, 0.15) is 0 Å². The van der Waals surface area contributed by atoms with E-state index in [1.165, 1.54) is 18.2 Å². The summed E-state index contributed by atoms with van der Waals surface area (Å²) in [4.78, 5) is 13.0. The molecule has 1 amide bonds. The van der Waals surface area contributed by atoms with Gasteiger partial charge in [0.15, 0.2) is 5.11 Å². The number of para-hydroxylation sites is 1. The van der Waals surface area contributed by atoms with E-state index >= 15 is 0 Å². The average molecular weight is 405 g/mol. The number of halogens is 3. The summed E-state index contributed by atoms with van der Waals surface area (Å²) in [7, 11) is 0. The van der Waals surface area contributed by atoms with Crippen molar-refractivity contribution in [3.63, 3.8) is 0 Å². The van der Waals surface area contributed by atoms with Crippen molar-refractivity contribution >= 4 is 28.9 Å². The molecular weight excluding hydrogens is 387 g/mol. The Bertz CT molecular complexity index is 969. The van der Waals surface area contributed by atoms with Crippen LogP contribution >= 0.6 is 12.2 Å². The van der Waals surface area contributed by atoms with Gasteiger partial charge in [0, 0.05) is 5.70 Å². The first-order valence-electron chi connectivity index (χ1n) is 8.49. The minimum absolute atomic E-state index is 0.274. The highest BCUT2D eigenvalue weighted by atomic mass is 32.1. The second-order valence-corrected chi connectivity index (χ2v) is 6.89. The number of rotatable bonds is 3. The first-order valence-corrected chi connectivity index (χ1v) is 8.90. The van der Waals surface area contributed by atoms with E-state index in [4.69, 9.17) is 12.2 Å². The molecule has 1 aliphatic heterocycles. The first kappa shape index (κ1) is 19.9. The monoisotopic (exact) mass is 405 g/mol. The second-order valence-electron chi connectivity index (χ2n) is 6.48. The Morgan fingerprint density at radius 2 is 1.82 bits per heavy atom. The Kier molecular flexibility index (Phi) is 5.42. The molecule has 2 aromatic rings. The molecule has 2 aromatic carbocycles. The molecule has 8 heteroatoms. The van der Waals surface area contributed by atoms with Crippen LogP contribution in [0.3, 0.4) is 0 Å². The van der Waals surface area contributed by atoms with Crippen LogP contribution in [0.25, 0.3) is 0 Å². The molecule has 0 saturated heterocycles. The van der Waals surface area contributed by atoms with Crippen LogP contribution in [0.4, 0.5) is 18.9 Å². The zero-order valence-corrected chi connectivity index (χ0v) is 16.0. The van der Waals surface area contributed by atoms with E-state index in [1.54, 1.807) is 6.92 Å². The Morgan fingerprint density at radius 3 is 2.50 bits per heavy atom. The Hall–Kier alpha value is -2.87. The maximum absolute atomic E-state index is 13.2. The summed E-state index contributed by atoms with van der Waals surface area (Å²) in [5.74, 6) is -0.636. The summed E-state index contributed by atoms with van der Waals surface area (Å²) in [5, 5.41) is 8.65. The van der Waals surface area contributed by atoms with Gasteiger partial charge < -0.3 is 16.0 Å². The quantitative estimate of drug-likeness (QED) is 0.661. The Balaban J connectivity index is 1.99. The van der Waals surface area contributed by atoms with E-state index in [9.17, 15) is 18.0 Å². The molecular formula is C20H18F3N3OS. The van der Waals surface area contributed by atoms with Crippen molar-refractivity contribution in [2.75, 3.05) is 5.32 Å². The first-order chi connectivity index (χ1) is 13.2. The van der Waals surface area contributed by atoms with Crippen LogP contribution in [0.5, 0.6) is 0 Å². The molecule has 4 nitrogen and oxygen atoms in total. The number of alkyl halides is 3. The lowest BCUT2D eigenvalue weighted by Crippen LogP contribution is -2.45. The van der Waals surface area contributed by atoms with Gasteiger partial charge in [-0.1, -0.05) is 42.0 Å². The van der Waals surface area contributed by atoms with Crippen LogP contribution in [-0.4, -0.2) is 11.0 Å². The van der Waals surface area contributed by atoms with Crippen molar-refractivity contribution in [3.8, 4) is 0 Å². The number of benzene rings is 2. The zero-order chi connectivity index (χ0) is 20.5. The van der Waals surface area contributed by atoms with Gasteiger partial charge in [-0.25, -0.2) is 0 Å². The molecule has 3 N–H and O–H groups in total. The van der Waals surface area contributed by atoms with E-state index in [0.717, 1.165) is 17.2 Å². The molecule has 0 radical (unpaired) electrons. The maximum Gasteiger partial charge on any atom is 0.418 e. The molecule has 0 saturated carbocycles. The molecule has 1 atom stereocenters. The second kappa shape index (κ2) is 7.63. The summed E-state index contributed by atoms with van der Waals surface area (Å²) in [6.45, 7) is 3.58. The van der Waals surface area contributed by atoms with Gasteiger partial charge in [0.05, 0.1) is 22.9 Å². The number of carbonyl (C=O) groups excluding carboxylic acids is 1. The van der Waals surface area contributed by atoms with Gasteiger partial charge in [-0.15, -0.1) is 0 Å².